The molecule has 0 fully saturated rings. The first kappa shape index (κ1) is 20.2. The molecule has 6 nitrogen and oxygen atoms in total. The van der Waals surface area contributed by atoms with Gasteiger partial charge in [0.2, 0.25) is 0 Å². The second-order valence-corrected chi connectivity index (χ2v) is 6.89. The lowest BCUT2D eigenvalue weighted by molar-refractivity contribution is 0.0954. The molecule has 0 saturated heterocycles. The quantitative estimate of drug-likeness (QED) is 0.611. The van der Waals surface area contributed by atoms with Gasteiger partial charge in [0.15, 0.2) is 0 Å². The van der Waals surface area contributed by atoms with Crippen molar-refractivity contribution >= 4 is 23.0 Å². The summed E-state index contributed by atoms with van der Waals surface area (Å²) in [5.74, 6) is 0.669. The number of methoxy groups -OCH3 is 1. The minimum atomic E-state index is -0.146. The number of pyridine rings is 1. The van der Waals surface area contributed by atoms with Crippen LogP contribution in [0.15, 0.2) is 67.0 Å². The molecule has 0 unspecified atom stereocenters. The molecule has 0 aliphatic rings. The highest BCUT2D eigenvalue weighted by Crippen LogP contribution is 2.20. The minimum absolute atomic E-state index is 0.146. The second-order valence-electron chi connectivity index (χ2n) is 6.89. The molecule has 2 aromatic carbocycles. The Kier molecular flexibility index (Phi) is 6.68. The summed E-state index contributed by atoms with van der Waals surface area (Å²) in [6.07, 6.45) is 4.00. The highest BCUT2D eigenvalue weighted by molar-refractivity contribution is 5.94. The zero-order valence-corrected chi connectivity index (χ0v) is 17.0. The smallest absolute Gasteiger partial charge is 0.252 e. The number of nitrogens with one attached hydrogen (secondary N) is 2. The van der Waals surface area contributed by atoms with Crippen LogP contribution in [0.25, 0.3) is 0 Å². The van der Waals surface area contributed by atoms with E-state index in [1.54, 1.807) is 25.6 Å². The molecule has 0 atom stereocenters. The number of nitrogens with zero attached hydrogens (tertiary/aromatic N) is 2. The van der Waals surface area contributed by atoms with Gasteiger partial charge in [-0.15, -0.1) is 0 Å². The van der Waals surface area contributed by atoms with Crippen LogP contribution in [0.3, 0.4) is 0 Å². The van der Waals surface area contributed by atoms with Crippen LogP contribution in [0.5, 0.6) is 5.75 Å². The highest BCUT2D eigenvalue weighted by atomic mass is 16.5. The van der Waals surface area contributed by atoms with E-state index in [2.05, 4.69) is 15.6 Å². The fraction of sp³-hybridized carbons (Fsp3) is 0.217. The number of hydrogen-bond acceptors (Lipinski definition) is 5. The van der Waals surface area contributed by atoms with Gasteiger partial charge >= 0.3 is 0 Å². The number of amides is 1. The number of anilines is 3. The van der Waals surface area contributed by atoms with Gasteiger partial charge in [-0.3, -0.25) is 9.78 Å². The lowest BCUT2D eigenvalue weighted by Gasteiger charge is -2.13. The van der Waals surface area contributed by atoms with Crippen molar-refractivity contribution in [2.24, 2.45) is 0 Å². The summed E-state index contributed by atoms with van der Waals surface area (Å²) in [7, 11) is 5.65. The summed E-state index contributed by atoms with van der Waals surface area (Å²) in [6.45, 7) is 0.537. The molecule has 0 aliphatic heterocycles. The molecule has 6 heteroatoms. The predicted octanol–water partition coefficient (Wildman–Crippen LogP) is 3.87. The first-order valence-corrected chi connectivity index (χ1v) is 9.46. The Morgan fingerprint density at radius 3 is 2.55 bits per heavy atom. The maximum atomic E-state index is 12.5. The van der Waals surface area contributed by atoms with Crippen LogP contribution >= 0.6 is 0 Å². The Hall–Kier alpha value is -3.54. The molecule has 0 bridgehead atoms. The van der Waals surface area contributed by atoms with Crippen molar-refractivity contribution in [1.82, 2.24) is 10.3 Å². The summed E-state index contributed by atoms with van der Waals surface area (Å²) in [4.78, 5) is 18.7. The Balaban J connectivity index is 1.57. The van der Waals surface area contributed by atoms with Crippen molar-refractivity contribution in [3.63, 3.8) is 0 Å². The number of benzene rings is 2. The zero-order chi connectivity index (χ0) is 20.6. The van der Waals surface area contributed by atoms with Gasteiger partial charge < -0.3 is 20.3 Å². The van der Waals surface area contributed by atoms with Crippen molar-refractivity contribution in [3.8, 4) is 5.75 Å². The van der Waals surface area contributed by atoms with E-state index in [-0.39, 0.29) is 5.91 Å². The monoisotopic (exact) mass is 390 g/mol. The molecular weight excluding hydrogens is 364 g/mol. The number of hydrogen-bond donors (Lipinski definition) is 2. The second kappa shape index (κ2) is 9.59. The van der Waals surface area contributed by atoms with Gasteiger partial charge in [-0.2, -0.15) is 0 Å². The van der Waals surface area contributed by atoms with Crippen molar-refractivity contribution in [2.45, 2.75) is 6.42 Å². The Bertz CT molecular complexity index is 955. The summed E-state index contributed by atoms with van der Waals surface area (Å²) in [5.41, 5.74) is 4.46. The third kappa shape index (κ3) is 5.72. The van der Waals surface area contributed by atoms with Crippen LogP contribution < -0.4 is 20.3 Å². The van der Waals surface area contributed by atoms with Crippen molar-refractivity contribution in [3.05, 3.63) is 78.1 Å². The molecule has 0 aliphatic carbocycles. The van der Waals surface area contributed by atoms with E-state index < -0.39 is 0 Å². The number of aromatic nitrogens is 1. The summed E-state index contributed by atoms with van der Waals surface area (Å²) < 4.78 is 5.23. The third-order valence-electron chi connectivity index (χ3n) is 4.51. The first-order valence-electron chi connectivity index (χ1n) is 9.46. The van der Waals surface area contributed by atoms with Crippen molar-refractivity contribution in [1.29, 1.82) is 0 Å². The lowest BCUT2D eigenvalue weighted by atomic mass is 10.1. The van der Waals surface area contributed by atoms with Gasteiger partial charge in [0.25, 0.3) is 5.91 Å². The predicted molar refractivity (Wildman–Crippen MR) is 117 cm³/mol. The Morgan fingerprint density at radius 2 is 1.83 bits per heavy atom. The van der Waals surface area contributed by atoms with Gasteiger partial charge in [-0.25, -0.2) is 0 Å². The van der Waals surface area contributed by atoms with Crippen molar-refractivity contribution < 1.29 is 9.53 Å². The molecule has 0 spiro atoms. The molecule has 1 aromatic heterocycles. The lowest BCUT2D eigenvalue weighted by Crippen LogP contribution is -2.25. The average molecular weight is 390 g/mol. The van der Waals surface area contributed by atoms with Gasteiger partial charge in [-0.1, -0.05) is 12.1 Å². The van der Waals surface area contributed by atoms with E-state index in [1.165, 1.54) is 0 Å². The first-order chi connectivity index (χ1) is 14.0. The standard InChI is InChI=1S/C23H26N4O2/c1-27(2)21-9-7-19(8-10-21)26-20-14-18(15-24-16-20)23(28)25-12-11-17-5-4-6-22(13-17)29-3/h4-10,13-16,26H,11-12H2,1-3H3,(H,25,28). The Labute approximate surface area is 171 Å². The van der Waals surface area contributed by atoms with Crippen LogP contribution in [-0.4, -0.2) is 38.6 Å². The number of ether oxygens (including phenoxy) is 1. The SMILES string of the molecule is COc1cccc(CCNC(=O)c2cncc(Nc3ccc(N(C)C)cc3)c2)c1. The minimum Gasteiger partial charge on any atom is -0.497 e. The number of rotatable bonds is 8. The summed E-state index contributed by atoms with van der Waals surface area (Å²) >= 11 is 0. The highest BCUT2D eigenvalue weighted by Gasteiger charge is 2.07. The van der Waals surface area contributed by atoms with Crippen LogP contribution in [0.4, 0.5) is 17.1 Å². The van der Waals surface area contributed by atoms with Crippen LogP contribution in [0.1, 0.15) is 15.9 Å². The van der Waals surface area contributed by atoms with Crippen LogP contribution in [-0.2, 0) is 6.42 Å². The molecule has 1 amide bonds. The molecule has 2 N–H and O–H groups in total. The third-order valence-corrected chi connectivity index (χ3v) is 4.51. The fourth-order valence-corrected chi connectivity index (χ4v) is 2.89. The van der Waals surface area contributed by atoms with Crippen LogP contribution in [0, 0.1) is 0 Å². The van der Waals surface area contributed by atoms with E-state index in [0.717, 1.165) is 34.8 Å². The van der Waals surface area contributed by atoms with Gasteiger partial charge in [0.05, 0.1) is 24.6 Å². The van der Waals surface area contributed by atoms with E-state index in [0.29, 0.717) is 12.1 Å². The maximum Gasteiger partial charge on any atom is 0.252 e. The molecular formula is C23H26N4O2. The van der Waals surface area contributed by atoms with E-state index in [1.807, 2.05) is 67.5 Å². The van der Waals surface area contributed by atoms with E-state index >= 15 is 0 Å². The molecule has 1 heterocycles. The molecule has 3 rings (SSSR count). The normalized spacial score (nSPS) is 10.3. The van der Waals surface area contributed by atoms with Crippen molar-refractivity contribution in [2.75, 3.05) is 38.0 Å². The number of carbonyl (C=O) groups excluding carboxylic acids is 1. The largest absolute Gasteiger partial charge is 0.497 e. The topological polar surface area (TPSA) is 66.5 Å². The molecule has 150 valence electrons. The van der Waals surface area contributed by atoms with Gasteiger partial charge in [0.1, 0.15) is 5.75 Å². The summed E-state index contributed by atoms with van der Waals surface area (Å²) in [6, 6.07) is 17.7. The number of carbonyl (C=O) groups is 1. The van der Waals surface area contributed by atoms with Gasteiger partial charge in [-0.05, 0) is 54.4 Å². The summed E-state index contributed by atoms with van der Waals surface area (Å²) in [5, 5.41) is 6.23. The van der Waals surface area contributed by atoms with Crippen LogP contribution in [0.2, 0.25) is 0 Å². The zero-order valence-electron chi connectivity index (χ0n) is 17.0. The maximum absolute atomic E-state index is 12.5. The molecule has 0 radical (unpaired) electrons. The fourth-order valence-electron chi connectivity index (χ4n) is 2.89. The molecule has 0 saturated carbocycles. The average Bonchev–Trinajstić information content (AvgIpc) is 2.74. The van der Waals surface area contributed by atoms with E-state index in [4.69, 9.17) is 4.74 Å². The van der Waals surface area contributed by atoms with Gasteiger partial charge in [0, 0.05) is 38.2 Å². The molecule has 29 heavy (non-hydrogen) atoms. The Morgan fingerprint density at radius 1 is 1.03 bits per heavy atom. The van der Waals surface area contributed by atoms with E-state index in [9.17, 15) is 4.79 Å². The molecule has 3 aromatic rings.